The quantitative estimate of drug-likeness (QED) is 0.443. The summed E-state index contributed by atoms with van der Waals surface area (Å²) in [6.45, 7) is 0.499. The molecule has 7 nitrogen and oxygen atoms in total. The number of nitrogens with zero attached hydrogens (tertiary/aromatic N) is 1. The van der Waals surface area contributed by atoms with Crippen LogP contribution in [0.3, 0.4) is 0 Å². The van der Waals surface area contributed by atoms with Crippen LogP contribution in [-0.4, -0.2) is 35.6 Å². The van der Waals surface area contributed by atoms with Crippen molar-refractivity contribution in [2.24, 2.45) is 5.73 Å². The number of sulfonamides is 1. The van der Waals surface area contributed by atoms with Crippen molar-refractivity contribution < 1.29 is 27.2 Å². The summed E-state index contributed by atoms with van der Waals surface area (Å²) in [5.74, 6) is 0. The van der Waals surface area contributed by atoms with E-state index in [2.05, 4.69) is 14.1 Å². The van der Waals surface area contributed by atoms with Gasteiger partial charge in [-0.1, -0.05) is 24.3 Å². The second-order valence-corrected chi connectivity index (χ2v) is 6.44. The molecule has 0 atom stereocenters. The fourth-order valence-electron chi connectivity index (χ4n) is 2.16. The van der Waals surface area contributed by atoms with Gasteiger partial charge >= 0.3 is 28.2 Å². The molecule has 9 N–H and O–H groups in total. The van der Waals surface area contributed by atoms with Crippen molar-refractivity contribution in [3.8, 4) is 0 Å². The standard InChI is InChI=1S/C14H19N3O2S.ClH.2H3N.Pt/c1-17(2)13-7-3-6-12-11(13)5-4-8-14(12)20(18,19)16-10-9-15;;;;/h3-8,16H,9-10,15H2,1-2H3;1H;2*1H3;/q;;;;+2/p-1. The molecule has 0 unspecified atom stereocenters. The Hall–Kier alpha value is -0.732. The molecule has 0 aliphatic heterocycles. The molecular weight excluding hydrogens is 533 g/mol. The topological polar surface area (TPSA) is 145 Å². The van der Waals surface area contributed by atoms with Crippen molar-refractivity contribution >= 4 is 35.9 Å². The predicted octanol–water partition coefficient (Wildman–Crippen LogP) is 2.15. The number of fused-ring (bicyclic) bond motifs is 1. The first-order chi connectivity index (χ1) is 10.5. The molecule has 0 aliphatic rings. The van der Waals surface area contributed by atoms with E-state index in [1.165, 1.54) is 0 Å². The fraction of sp³-hybridized carbons (Fsp3) is 0.286. The van der Waals surface area contributed by atoms with Gasteiger partial charge in [-0.3, -0.25) is 0 Å². The summed E-state index contributed by atoms with van der Waals surface area (Å²) in [4.78, 5) is 2.25. The number of hydrogen-bond acceptors (Lipinski definition) is 6. The number of anilines is 1. The number of hydrogen-bond donors (Lipinski definition) is 4. The van der Waals surface area contributed by atoms with Crippen molar-refractivity contribution in [1.82, 2.24) is 17.0 Å². The fourth-order valence-corrected chi connectivity index (χ4v) is 3.43. The van der Waals surface area contributed by atoms with E-state index in [1.54, 1.807) is 30.9 Å². The van der Waals surface area contributed by atoms with Crippen molar-refractivity contribution in [2.45, 2.75) is 4.90 Å². The molecular formula is C14H25ClN5O2PtS+. The zero-order valence-electron chi connectivity index (χ0n) is 13.7. The Morgan fingerprint density at radius 3 is 2.17 bits per heavy atom. The van der Waals surface area contributed by atoms with E-state index in [-0.39, 0.29) is 30.3 Å². The molecule has 0 saturated heterocycles. The zero-order valence-corrected chi connectivity index (χ0v) is 17.6. The van der Waals surface area contributed by atoms with E-state index < -0.39 is 10.0 Å². The van der Waals surface area contributed by atoms with Gasteiger partial charge in [0.05, 0.1) is 4.90 Å². The molecule has 0 heterocycles. The van der Waals surface area contributed by atoms with Gasteiger partial charge < -0.3 is 22.9 Å². The molecule has 2 aromatic carbocycles. The van der Waals surface area contributed by atoms with Crippen molar-refractivity contribution in [3.05, 3.63) is 36.4 Å². The predicted molar refractivity (Wildman–Crippen MR) is 98.4 cm³/mol. The van der Waals surface area contributed by atoms with Gasteiger partial charge in [0, 0.05) is 43.6 Å². The Morgan fingerprint density at radius 1 is 1.08 bits per heavy atom. The Kier molecular flexibility index (Phi) is 12.5. The third-order valence-corrected chi connectivity index (χ3v) is 4.59. The van der Waals surface area contributed by atoms with Gasteiger partial charge in [0.2, 0.25) is 10.0 Å². The van der Waals surface area contributed by atoms with Gasteiger partial charge in [0.15, 0.2) is 0 Å². The second kappa shape index (κ2) is 11.8. The Labute approximate surface area is 159 Å². The second-order valence-electron chi connectivity index (χ2n) is 4.71. The Bertz CT molecular complexity index is 728. The molecule has 0 bridgehead atoms. The van der Waals surface area contributed by atoms with Gasteiger partial charge in [-0.15, -0.1) is 0 Å². The SMILES string of the molecule is CN(C)c1cccc2c(S(=O)(=O)NCCN)cccc12.N.N.[Cl][Pt+]. The van der Waals surface area contributed by atoms with Crippen LogP contribution in [0.4, 0.5) is 5.69 Å². The maximum absolute atomic E-state index is 12.3. The zero-order chi connectivity index (χ0) is 16.8. The molecule has 0 aromatic heterocycles. The van der Waals surface area contributed by atoms with Crippen LogP contribution in [0.1, 0.15) is 0 Å². The Balaban J connectivity index is 0. The number of nitrogens with one attached hydrogen (secondary N) is 1. The summed E-state index contributed by atoms with van der Waals surface area (Å²) < 4.78 is 27.1. The minimum atomic E-state index is -3.54. The molecule has 140 valence electrons. The van der Waals surface area contributed by atoms with Crippen LogP contribution in [-0.2, 0) is 28.8 Å². The maximum atomic E-state index is 12.3. The summed E-state index contributed by atoms with van der Waals surface area (Å²) in [5.41, 5.74) is 6.34. The van der Waals surface area contributed by atoms with Crippen LogP contribution in [0.5, 0.6) is 0 Å². The molecule has 0 amide bonds. The number of nitrogens with two attached hydrogens (primary N) is 1. The van der Waals surface area contributed by atoms with E-state index in [4.69, 9.17) is 5.73 Å². The van der Waals surface area contributed by atoms with E-state index in [0.717, 1.165) is 11.1 Å². The number of rotatable bonds is 5. The van der Waals surface area contributed by atoms with E-state index >= 15 is 0 Å². The minimum absolute atomic E-state index is 0. The van der Waals surface area contributed by atoms with Gasteiger partial charge in [-0.05, 0) is 12.1 Å². The molecule has 2 rings (SSSR count). The van der Waals surface area contributed by atoms with E-state index in [0.29, 0.717) is 5.39 Å². The molecule has 10 heteroatoms. The molecule has 0 aliphatic carbocycles. The van der Waals surface area contributed by atoms with Crippen LogP contribution in [0, 0.1) is 0 Å². The average Bonchev–Trinajstić information content (AvgIpc) is 2.53. The third-order valence-electron chi connectivity index (χ3n) is 3.07. The number of halogens is 1. The summed E-state index contributed by atoms with van der Waals surface area (Å²) in [5, 5.41) is 1.62. The van der Waals surface area contributed by atoms with Crippen LogP contribution in [0.25, 0.3) is 10.8 Å². The van der Waals surface area contributed by atoms with Crippen LogP contribution >= 0.6 is 9.42 Å². The number of benzene rings is 2. The first kappa shape index (κ1) is 25.5. The molecule has 0 radical (unpaired) electrons. The van der Waals surface area contributed by atoms with E-state index in [9.17, 15) is 8.42 Å². The normalized spacial score (nSPS) is 10.1. The van der Waals surface area contributed by atoms with Crippen LogP contribution in [0.15, 0.2) is 41.3 Å². The Morgan fingerprint density at radius 2 is 1.62 bits per heavy atom. The molecule has 0 saturated carbocycles. The van der Waals surface area contributed by atoms with Crippen molar-refractivity contribution in [3.63, 3.8) is 0 Å². The van der Waals surface area contributed by atoms with Crippen LogP contribution < -0.4 is 27.7 Å². The summed E-state index contributed by atoms with van der Waals surface area (Å²) in [6, 6.07) is 10.9. The van der Waals surface area contributed by atoms with Crippen LogP contribution in [0.2, 0.25) is 0 Å². The van der Waals surface area contributed by atoms with Crippen molar-refractivity contribution in [1.29, 1.82) is 0 Å². The van der Waals surface area contributed by atoms with Gasteiger partial charge in [0.1, 0.15) is 0 Å². The van der Waals surface area contributed by atoms with Gasteiger partial charge in [-0.25, -0.2) is 13.1 Å². The first-order valence-electron chi connectivity index (χ1n) is 6.48. The molecule has 0 fully saturated rings. The van der Waals surface area contributed by atoms with E-state index in [1.807, 2.05) is 43.3 Å². The van der Waals surface area contributed by atoms with Gasteiger partial charge in [-0.2, -0.15) is 0 Å². The molecule has 0 spiro atoms. The average molecular weight is 558 g/mol. The molecule has 2 aromatic rings. The summed E-state index contributed by atoms with van der Waals surface area (Å²) >= 11 is 1.61. The molecule has 24 heavy (non-hydrogen) atoms. The third kappa shape index (κ3) is 5.97. The van der Waals surface area contributed by atoms with Crippen molar-refractivity contribution in [2.75, 3.05) is 32.1 Å². The monoisotopic (exact) mass is 557 g/mol. The summed E-state index contributed by atoms with van der Waals surface area (Å²) in [6.07, 6.45) is 0. The van der Waals surface area contributed by atoms with Gasteiger partial charge in [0.25, 0.3) is 0 Å². The summed E-state index contributed by atoms with van der Waals surface area (Å²) in [7, 11) is 4.94. The first-order valence-corrected chi connectivity index (χ1v) is 10.8.